The Bertz CT molecular complexity index is 383. The number of guanidine groups is 1. The van der Waals surface area contributed by atoms with Crippen molar-refractivity contribution in [3.8, 4) is 0 Å². The molecular weight excluding hydrogens is 260 g/mol. The van der Waals surface area contributed by atoms with Crippen molar-refractivity contribution in [1.29, 1.82) is 0 Å². The van der Waals surface area contributed by atoms with E-state index in [4.69, 9.17) is 26.8 Å². The Kier molecular flexibility index (Phi) is 6.89. The molecule has 0 fully saturated rings. The topological polar surface area (TPSA) is 180 Å². The molecule has 0 aromatic rings. The van der Waals surface area contributed by atoms with Gasteiger partial charge in [-0.1, -0.05) is 0 Å². The van der Waals surface area contributed by atoms with Gasteiger partial charge in [-0.25, -0.2) is 9.69 Å². The van der Waals surface area contributed by atoms with Crippen LogP contribution in [-0.4, -0.2) is 63.3 Å². The van der Waals surface area contributed by atoms with Gasteiger partial charge in [-0.15, -0.1) is 0 Å². The normalized spacial score (nSPS) is 12.8. The lowest BCUT2D eigenvalue weighted by Crippen LogP contribution is -2.44. The smallest absolute Gasteiger partial charge is 0.414 e. The van der Waals surface area contributed by atoms with Crippen molar-refractivity contribution < 1.29 is 29.7 Å². The summed E-state index contributed by atoms with van der Waals surface area (Å²) in [5, 5.41) is 25.7. The minimum absolute atomic E-state index is 0.0518. The summed E-state index contributed by atoms with van der Waals surface area (Å²) >= 11 is 0. The Hall–Kier alpha value is -2.36. The van der Waals surface area contributed by atoms with Gasteiger partial charge in [-0.2, -0.15) is 0 Å². The second-order valence-corrected chi connectivity index (χ2v) is 3.59. The molecule has 0 aromatic heterocycles. The highest BCUT2D eigenvalue weighted by Crippen LogP contribution is 1.97. The lowest BCUT2D eigenvalue weighted by Gasteiger charge is -2.15. The Morgan fingerprint density at radius 3 is 2.21 bits per heavy atom. The van der Waals surface area contributed by atoms with Gasteiger partial charge < -0.3 is 26.8 Å². The van der Waals surface area contributed by atoms with E-state index in [0.29, 0.717) is 4.90 Å². The Morgan fingerprint density at radius 1 is 1.21 bits per heavy atom. The third-order valence-electron chi connectivity index (χ3n) is 2.07. The van der Waals surface area contributed by atoms with Crippen molar-refractivity contribution in [3.63, 3.8) is 0 Å². The first-order valence-corrected chi connectivity index (χ1v) is 5.26. The molecule has 0 saturated heterocycles. The van der Waals surface area contributed by atoms with Gasteiger partial charge in [0.1, 0.15) is 12.6 Å². The number of hydrogen-bond acceptors (Lipinski definition) is 5. The molecule has 0 aliphatic carbocycles. The molecule has 0 bridgehead atoms. The van der Waals surface area contributed by atoms with Crippen LogP contribution < -0.4 is 11.5 Å². The SMILES string of the molecule is NC(=NCCCC(N)C(=O)O)N(CC(=O)O)C(=O)O. The van der Waals surface area contributed by atoms with Crippen LogP contribution in [0.3, 0.4) is 0 Å². The number of carboxylic acids is 2. The molecule has 0 aliphatic rings. The summed E-state index contributed by atoms with van der Waals surface area (Å²) in [6.45, 7) is -0.768. The van der Waals surface area contributed by atoms with Gasteiger partial charge in [0.05, 0.1) is 0 Å². The van der Waals surface area contributed by atoms with Crippen molar-refractivity contribution in [2.24, 2.45) is 16.5 Å². The van der Waals surface area contributed by atoms with E-state index in [1.807, 2.05) is 0 Å². The molecule has 0 heterocycles. The summed E-state index contributed by atoms with van der Waals surface area (Å²) in [7, 11) is 0. The van der Waals surface area contributed by atoms with Crippen LogP contribution in [0.25, 0.3) is 0 Å². The standard InChI is InChI=1S/C9H16N4O6/c10-5(7(16)17)2-1-3-12-8(11)13(9(18)19)4-6(14)15/h5H,1-4,10H2,(H2,11,12)(H,14,15)(H,16,17)(H,18,19). The van der Waals surface area contributed by atoms with E-state index in [9.17, 15) is 14.4 Å². The maximum atomic E-state index is 10.7. The van der Waals surface area contributed by atoms with E-state index in [1.165, 1.54) is 0 Å². The zero-order valence-corrected chi connectivity index (χ0v) is 10.0. The number of nitrogens with two attached hydrogens (primary N) is 2. The molecule has 0 saturated carbocycles. The molecule has 0 aromatic carbocycles. The first-order chi connectivity index (χ1) is 8.75. The number of rotatable bonds is 7. The Labute approximate surface area is 108 Å². The first kappa shape index (κ1) is 16.6. The Morgan fingerprint density at radius 2 is 1.79 bits per heavy atom. The minimum Gasteiger partial charge on any atom is -0.480 e. The van der Waals surface area contributed by atoms with E-state index < -0.39 is 36.6 Å². The lowest BCUT2D eigenvalue weighted by molar-refractivity contribution is -0.139. The fourth-order valence-electron chi connectivity index (χ4n) is 1.10. The molecule has 0 aliphatic heterocycles. The summed E-state index contributed by atoms with van der Waals surface area (Å²) in [6.07, 6.45) is -1.10. The molecule has 19 heavy (non-hydrogen) atoms. The van der Waals surface area contributed by atoms with E-state index >= 15 is 0 Å². The predicted octanol–water partition coefficient (Wildman–Crippen LogP) is -1.44. The average molecular weight is 276 g/mol. The van der Waals surface area contributed by atoms with Crippen LogP contribution in [0.4, 0.5) is 4.79 Å². The second kappa shape index (κ2) is 7.87. The zero-order valence-electron chi connectivity index (χ0n) is 10.0. The minimum atomic E-state index is -1.54. The maximum Gasteiger partial charge on any atom is 0.414 e. The molecule has 0 radical (unpaired) electrons. The molecule has 1 unspecified atom stereocenters. The van der Waals surface area contributed by atoms with Crippen LogP contribution in [0.5, 0.6) is 0 Å². The number of carbonyl (C=O) groups is 3. The van der Waals surface area contributed by atoms with Crippen molar-refractivity contribution >= 4 is 24.0 Å². The Balaban J connectivity index is 4.33. The highest BCUT2D eigenvalue weighted by Gasteiger charge is 2.19. The van der Waals surface area contributed by atoms with Gasteiger partial charge >= 0.3 is 18.0 Å². The molecule has 108 valence electrons. The van der Waals surface area contributed by atoms with Crippen LogP contribution in [-0.2, 0) is 9.59 Å². The number of aliphatic imine (C=N–C) groups is 1. The molecule has 0 rings (SSSR count). The summed E-state index contributed by atoms with van der Waals surface area (Å²) < 4.78 is 0. The number of nitrogens with zero attached hydrogens (tertiary/aromatic N) is 2. The quantitative estimate of drug-likeness (QED) is 0.213. The highest BCUT2D eigenvalue weighted by molar-refractivity contribution is 5.95. The third kappa shape index (κ3) is 6.83. The molecule has 1 amide bonds. The summed E-state index contributed by atoms with van der Waals surface area (Å²) in [5.74, 6) is -2.97. The molecular formula is C9H16N4O6. The predicted molar refractivity (Wildman–Crippen MR) is 63.7 cm³/mol. The second-order valence-electron chi connectivity index (χ2n) is 3.59. The third-order valence-corrected chi connectivity index (χ3v) is 2.07. The highest BCUT2D eigenvalue weighted by atomic mass is 16.4. The molecule has 7 N–H and O–H groups in total. The van der Waals surface area contributed by atoms with E-state index in [1.54, 1.807) is 0 Å². The van der Waals surface area contributed by atoms with Gasteiger partial charge in [0.25, 0.3) is 0 Å². The van der Waals surface area contributed by atoms with Crippen molar-refractivity contribution in [1.82, 2.24) is 4.90 Å². The van der Waals surface area contributed by atoms with Crippen LogP contribution in [0.15, 0.2) is 4.99 Å². The largest absolute Gasteiger partial charge is 0.480 e. The van der Waals surface area contributed by atoms with Crippen molar-refractivity contribution in [2.45, 2.75) is 18.9 Å². The van der Waals surface area contributed by atoms with Gasteiger partial charge in [0, 0.05) is 6.54 Å². The van der Waals surface area contributed by atoms with Gasteiger partial charge in [-0.05, 0) is 12.8 Å². The maximum absolute atomic E-state index is 10.7. The number of carboxylic acid groups (broad SMARTS) is 3. The molecule has 1 atom stereocenters. The van der Waals surface area contributed by atoms with Gasteiger partial charge in [0.15, 0.2) is 0 Å². The number of aliphatic carboxylic acids is 2. The summed E-state index contributed by atoms with van der Waals surface area (Å²) in [5.41, 5.74) is 10.6. The van der Waals surface area contributed by atoms with Crippen LogP contribution >= 0.6 is 0 Å². The fraction of sp³-hybridized carbons (Fsp3) is 0.556. The monoisotopic (exact) mass is 276 g/mol. The van der Waals surface area contributed by atoms with Gasteiger partial charge in [-0.3, -0.25) is 14.6 Å². The molecule has 10 heteroatoms. The summed E-state index contributed by atoms with van der Waals surface area (Å²) in [6, 6.07) is -1.02. The first-order valence-electron chi connectivity index (χ1n) is 5.26. The van der Waals surface area contributed by atoms with Crippen LogP contribution in [0.2, 0.25) is 0 Å². The lowest BCUT2D eigenvalue weighted by atomic mass is 10.2. The zero-order chi connectivity index (χ0) is 15.0. The number of hydrogen-bond donors (Lipinski definition) is 5. The average Bonchev–Trinajstić information content (AvgIpc) is 2.30. The fourth-order valence-corrected chi connectivity index (χ4v) is 1.10. The van der Waals surface area contributed by atoms with E-state index in [-0.39, 0.29) is 19.4 Å². The van der Waals surface area contributed by atoms with Gasteiger partial charge in [0.2, 0.25) is 5.96 Å². The van der Waals surface area contributed by atoms with E-state index in [2.05, 4.69) is 4.99 Å². The molecule has 0 spiro atoms. The van der Waals surface area contributed by atoms with E-state index in [0.717, 1.165) is 0 Å². The van der Waals surface area contributed by atoms with Crippen molar-refractivity contribution in [2.75, 3.05) is 13.1 Å². The summed E-state index contributed by atoms with van der Waals surface area (Å²) in [4.78, 5) is 35.6. The molecule has 10 nitrogen and oxygen atoms in total. The number of amides is 1. The van der Waals surface area contributed by atoms with Crippen molar-refractivity contribution in [3.05, 3.63) is 0 Å². The van der Waals surface area contributed by atoms with Crippen LogP contribution in [0.1, 0.15) is 12.8 Å². The van der Waals surface area contributed by atoms with Crippen LogP contribution in [0, 0.1) is 0 Å².